The number of benzene rings is 1. The van der Waals surface area contributed by atoms with Crippen LogP contribution in [-0.4, -0.2) is 43.0 Å². The van der Waals surface area contributed by atoms with E-state index < -0.39 is 5.97 Å². The number of aryl methyl sites for hydroxylation is 1. The summed E-state index contributed by atoms with van der Waals surface area (Å²) >= 11 is 0. The third-order valence-corrected chi connectivity index (χ3v) is 4.27. The maximum atomic E-state index is 12.5. The Hall–Kier alpha value is -2.60. The third-order valence-electron chi connectivity index (χ3n) is 4.27. The molecule has 0 bridgehead atoms. The first-order valence-corrected chi connectivity index (χ1v) is 8.67. The van der Waals surface area contributed by atoms with Crippen molar-refractivity contribution in [1.82, 2.24) is 15.2 Å². The number of hydrogen-bond acceptors (Lipinski definition) is 4. The van der Waals surface area contributed by atoms with Crippen molar-refractivity contribution in [3.05, 3.63) is 57.9 Å². The van der Waals surface area contributed by atoms with Crippen LogP contribution in [0.1, 0.15) is 50.2 Å². The molecule has 0 unspecified atom stereocenters. The van der Waals surface area contributed by atoms with Crippen LogP contribution < -0.4 is 5.32 Å². The lowest BCUT2D eigenvalue weighted by atomic mass is 10.1. The molecule has 26 heavy (non-hydrogen) atoms. The molecule has 1 amide bonds. The number of nitrogens with zero attached hydrogens (tertiary/aromatic N) is 1. The van der Waals surface area contributed by atoms with E-state index in [0.29, 0.717) is 35.5 Å². The monoisotopic (exact) mass is 357 g/mol. The summed E-state index contributed by atoms with van der Waals surface area (Å²) in [5, 5.41) is 2.91. The number of nitrogens with one attached hydrogen (secondary N) is 2. The summed E-state index contributed by atoms with van der Waals surface area (Å²) in [7, 11) is 5.40. The van der Waals surface area contributed by atoms with Gasteiger partial charge in [-0.15, -0.1) is 0 Å². The van der Waals surface area contributed by atoms with Gasteiger partial charge in [0.15, 0.2) is 0 Å². The van der Waals surface area contributed by atoms with Crippen LogP contribution in [-0.2, 0) is 24.2 Å². The van der Waals surface area contributed by atoms with E-state index in [-0.39, 0.29) is 5.91 Å². The van der Waals surface area contributed by atoms with Crippen LogP contribution in [0.4, 0.5) is 0 Å². The molecule has 1 heterocycles. The van der Waals surface area contributed by atoms with Gasteiger partial charge in [-0.2, -0.15) is 0 Å². The predicted molar refractivity (Wildman–Crippen MR) is 101 cm³/mol. The Bertz CT molecular complexity index is 776. The summed E-state index contributed by atoms with van der Waals surface area (Å²) in [5.41, 5.74) is 4.44. The Balaban J connectivity index is 2.08. The normalized spacial score (nSPS) is 10.8. The number of aromatic amines is 1. The average molecular weight is 357 g/mol. The number of carbonyl (C=O) groups excluding carboxylic acids is 2. The first-order valence-electron chi connectivity index (χ1n) is 8.67. The van der Waals surface area contributed by atoms with E-state index in [4.69, 9.17) is 4.74 Å². The van der Waals surface area contributed by atoms with Gasteiger partial charge in [-0.25, -0.2) is 4.79 Å². The Labute approximate surface area is 154 Å². The van der Waals surface area contributed by atoms with Crippen molar-refractivity contribution in [3.63, 3.8) is 0 Å². The molecule has 0 spiro atoms. The van der Waals surface area contributed by atoms with E-state index in [1.54, 1.807) is 6.92 Å². The van der Waals surface area contributed by atoms with Crippen molar-refractivity contribution in [2.45, 2.75) is 33.4 Å². The Morgan fingerprint density at radius 2 is 1.77 bits per heavy atom. The number of H-pyrrole nitrogens is 1. The van der Waals surface area contributed by atoms with Crippen molar-refractivity contribution in [2.75, 3.05) is 21.2 Å². The molecule has 2 N–H and O–H groups in total. The van der Waals surface area contributed by atoms with Gasteiger partial charge in [-0.1, -0.05) is 31.2 Å². The molecule has 1 aromatic carbocycles. The highest BCUT2D eigenvalue weighted by Gasteiger charge is 2.23. The van der Waals surface area contributed by atoms with Crippen LogP contribution in [0, 0.1) is 6.92 Å². The number of amides is 1. The average Bonchev–Trinajstić information content (AvgIpc) is 2.96. The summed E-state index contributed by atoms with van der Waals surface area (Å²) in [6, 6.07) is 8.15. The fourth-order valence-electron chi connectivity index (χ4n) is 2.93. The van der Waals surface area contributed by atoms with E-state index in [1.165, 1.54) is 12.7 Å². The zero-order valence-corrected chi connectivity index (χ0v) is 16.1. The van der Waals surface area contributed by atoms with E-state index in [2.05, 4.69) is 27.3 Å². The molecule has 0 saturated heterocycles. The van der Waals surface area contributed by atoms with Gasteiger partial charge >= 0.3 is 5.97 Å². The molecule has 0 aliphatic carbocycles. The summed E-state index contributed by atoms with van der Waals surface area (Å²) in [6.07, 6.45) is 0.617. The van der Waals surface area contributed by atoms with Gasteiger partial charge in [0.2, 0.25) is 0 Å². The van der Waals surface area contributed by atoms with Gasteiger partial charge in [0.25, 0.3) is 5.91 Å². The molecule has 2 rings (SSSR count). The fourth-order valence-corrected chi connectivity index (χ4v) is 2.93. The smallest absolute Gasteiger partial charge is 0.339 e. The number of methoxy groups -OCH3 is 1. The summed E-state index contributed by atoms with van der Waals surface area (Å²) in [5.74, 6) is -0.657. The molecule has 1 aromatic heterocycles. The lowest BCUT2D eigenvalue weighted by Crippen LogP contribution is -2.24. The Kier molecular flexibility index (Phi) is 6.58. The lowest BCUT2D eigenvalue weighted by Gasteiger charge is -2.10. The second-order valence-corrected chi connectivity index (χ2v) is 6.56. The topological polar surface area (TPSA) is 74.4 Å². The van der Waals surface area contributed by atoms with E-state index in [9.17, 15) is 9.59 Å². The molecule has 0 saturated carbocycles. The quantitative estimate of drug-likeness (QED) is 0.747. The summed E-state index contributed by atoms with van der Waals surface area (Å²) in [6.45, 7) is 4.99. The number of ether oxygens (including phenoxy) is 1. The van der Waals surface area contributed by atoms with Gasteiger partial charge in [0.05, 0.1) is 12.7 Å². The van der Waals surface area contributed by atoms with Crippen LogP contribution in [0.5, 0.6) is 0 Å². The first kappa shape index (κ1) is 19.7. The molecule has 0 atom stereocenters. The standard InChI is InChI=1S/C20H27N3O3/c1-6-16-17(20(25)26-5)13(2)18(22-16)19(24)21-11-14-7-9-15(10-8-14)12-23(3)4/h7-10,22H,6,11-12H2,1-5H3,(H,21,24). The highest BCUT2D eigenvalue weighted by Crippen LogP contribution is 2.20. The van der Waals surface area contributed by atoms with Gasteiger partial charge in [0, 0.05) is 18.8 Å². The van der Waals surface area contributed by atoms with Crippen LogP contribution in [0.2, 0.25) is 0 Å². The van der Waals surface area contributed by atoms with Crippen LogP contribution in [0.25, 0.3) is 0 Å². The van der Waals surface area contributed by atoms with E-state index in [0.717, 1.165) is 12.1 Å². The van der Waals surface area contributed by atoms with Crippen molar-refractivity contribution in [2.24, 2.45) is 0 Å². The number of aromatic nitrogens is 1. The van der Waals surface area contributed by atoms with Crippen LogP contribution >= 0.6 is 0 Å². The second-order valence-electron chi connectivity index (χ2n) is 6.56. The third kappa shape index (κ3) is 4.52. The summed E-state index contributed by atoms with van der Waals surface area (Å²) in [4.78, 5) is 29.7. The predicted octanol–water partition coefficient (Wildman–Crippen LogP) is 2.66. The highest BCUT2D eigenvalue weighted by molar-refractivity contribution is 6.00. The first-order chi connectivity index (χ1) is 12.4. The van der Waals surface area contributed by atoms with E-state index >= 15 is 0 Å². The number of hydrogen-bond donors (Lipinski definition) is 2. The van der Waals surface area contributed by atoms with Crippen LogP contribution in [0.15, 0.2) is 24.3 Å². The lowest BCUT2D eigenvalue weighted by molar-refractivity contribution is 0.0599. The molecule has 2 aromatic rings. The van der Waals surface area contributed by atoms with Crippen molar-refractivity contribution in [3.8, 4) is 0 Å². The maximum Gasteiger partial charge on any atom is 0.339 e. The summed E-state index contributed by atoms with van der Waals surface area (Å²) < 4.78 is 4.83. The van der Waals surface area contributed by atoms with Gasteiger partial charge in [-0.3, -0.25) is 4.79 Å². The molecule has 6 nitrogen and oxygen atoms in total. The minimum absolute atomic E-state index is 0.232. The molecular weight excluding hydrogens is 330 g/mol. The van der Waals surface area contributed by atoms with Crippen LogP contribution in [0.3, 0.4) is 0 Å². The number of carbonyl (C=O) groups is 2. The second kappa shape index (κ2) is 8.67. The zero-order chi connectivity index (χ0) is 19.3. The molecule has 6 heteroatoms. The molecule has 0 aliphatic heterocycles. The molecule has 0 radical (unpaired) electrons. The largest absolute Gasteiger partial charge is 0.465 e. The van der Waals surface area contributed by atoms with Crippen molar-refractivity contribution < 1.29 is 14.3 Å². The minimum Gasteiger partial charge on any atom is -0.465 e. The minimum atomic E-state index is -0.425. The number of rotatable bonds is 7. The zero-order valence-electron chi connectivity index (χ0n) is 16.1. The molecule has 0 aliphatic rings. The highest BCUT2D eigenvalue weighted by atomic mass is 16.5. The number of esters is 1. The molecule has 0 fully saturated rings. The molecule has 140 valence electrons. The van der Waals surface area contributed by atoms with Gasteiger partial charge in [0.1, 0.15) is 5.69 Å². The fraction of sp³-hybridized carbons (Fsp3) is 0.400. The Morgan fingerprint density at radius 3 is 2.31 bits per heavy atom. The Morgan fingerprint density at radius 1 is 1.15 bits per heavy atom. The SMILES string of the molecule is CCc1[nH]c(C(=O)NCc2ccc(CN(C)C)cc2)c(C)c1C(=O)OC. The van der Waals surface area contributed by atoms with E-state index in [1.807, 2.05) is 33.2 Å². The van der Waals surface area contributed by atoms with Gasteiger partial charge < -0.3 is 19.9 Å². The maximum absolute atomic E-state index is 12.5. The van der Waals surface area contributed by atoms with Gasteiger partial charge in [-0.05, 0) is 44.1 Å². The molecular formula is C20H27N3O3. The van der Waals surface area contributed by atoms with Crippen molar-refractivity contribution in [1.29, 1.82) is 0 Å². The van der Waals surface area contributed by atoms with Crippen molar-refractivity contribution >= 4 is 11.9 Å².